The Hall–Kier alpha value is -1.80. The Morgan fingerprint density at radius 1 is 1.16 bits per heavy atom. The lowest BCUT2D eigenvalue weighted by Gasteiger charge is -2.36. The van der Waals surface area contributed by atoms with Crippen LogP contribution in [0.4, 0.5) is 18.9 Å². The van der Waals surface area contributed by atoms with Crippen molar-refractivity contribution in [2.75, 3.05) is 50.7 Å². The van der Waals surface area contributed by atoms with E-state index in [1.165, 1.54) is 29.9 Å². The zero-order valence-corrected chi connectivity index (χ0v) is 18.8. The highest BCUT2D eigenvalue weighted by Gasteiger charge is 2.31. The number of piperazine rings is 1. The van der Waals surface area contributed by atoms with Gasteiger partial charge in [-0.15, -0.1) is 11.3 Å². The van der Waals surface area contributed by atoms with Gasteiger partial charge in [0.05, 0.1) is 11.3 Å². The molecular weight excluding hydrogens is 423 g/mol. The van der Waals surface area contributed by atoms with Crippen molar-refractivity contribution in [2.45, 2.75) is 38.8 Å². The second kappa shape index (κ2) is 9.36. The van der Waals surface area contributed by atoms with E-state index in [4.69, 9.17) is 0 Å². The number of benzene rings is 1. The first-order chi connectivity index (χ1) is 14.8. The molecule has 2 saturated heterocycles. The molecule has 0 bridgehead atoms. The minimum atomic E-state index is -4.31. The van der Waals surface area contributed by atoms with Gasteiger partial charge in [-0.05, 0) is 43.9 Å². The molecule has 1 aromatic heterocycles. The quantitative estimate of drug-likeness (QED) is 0.632. The number of amides is 1. The van der Waals surface area contributed by atoms with E-state index in [0.29, 0.717) is 17.0 Å². The van der Waals surface area contributed by atoms with Crippen LogP contribution in [0.15, 0.2) is 23.6 Å². The monoisotopic (exact) mass is 453 g/mol. The second-order valence-electron chi connectivity index (χ2n) is 8.85. The lowest BCUT2D eigenvalue weighted by molar-refractivity contribution is -0.137. The van der Waals surface area contributed by atoms with Gasteiger partial charge in [-0.1, -0.05) is 13.0 Å². The van der Waals surface area contributed by atoms with Gasteiger partial charge in [0.15, 0.2) is 0 Å². The molecule has 1 amide bonds. The van der Waals surface area contributed by atoms with Crippen molar-refractivity contribution in [2.24, 2.45) is 5.92 Å². The molecule has 4 rings (SSSR count). The minimum absolute atomic E-state index is 0.285. The zero-order chi connectivity index (χ0) is 22.0. The lowest BCUT2D eigenvalue weighted by Crippen LogP contribution is -2.46. The number of alkyl halides is 3. The average Bonchev–Trinajstić information content (AvgIpc) is 3.17. The van der Waals surface area contributed by atoms with Crippen LogP contribution in [0.25, 0.3) is 10.1 Å². The van der Waals surface area contributed by atoms with E-state index < -0.39 is 11.7 Å². The molecule has 0 aliphatic carbocycles. The summed E-state index contributed by atoms with van der Waals surface area (Å²) in [5.74, 6) is 0.896. The highest BCUT2D eigenvalue weighted by atomic mass is 32.1. The van der Waals surface area contributed by atoms with Crippen LogP contribution in [0.5, 0.6) is 0 Å². The predicted octanol–water partition coefficient (Wildman–Crippen LogP) is 5.08. The van der Waals surface area contributed by atoms with Gasteiger partial charge in [0.25, 0.3) is 0 Å². The molecule has 170 valence electrons. The summed E-state index contributed by atoms with van der Waals surface area (Å²) in [7, 11) is 0. The second-order valence-corrected chi connectivity index (χ2v) is 9.76. The third kappa shape index (κ3) is 5.34. The van der Waals surface area contributed by atoms with Gasteiger partial charge in [0.2, 0.25) is 5.91 Å². The smallest absolute Gasteiger partial charge is 0.368 e. The summed E-state index contributed by atoms with van der Waals surface area (Å²) in [6.07, 6.45) is -0.479. The van der Waals surface area contributed by atoms with Crippen LogP contribution < -0.4 is 4.90 Å². The first-order valence-corrected chi connectivity index (χ1v) is 12.0. The maximum Gasteiger partial charge on any atom is 0.416 e. The topological polar surface area (TPSA) is 26.8 Å². The van der Waals surface area contributed by atoms with E-state index in [0.717, 1.165) is 69.7 Å². The van der Waals surface area contributed by atoms with E-state index in [1.54, 1.807) is 6.07 Å². The summed E-state index contributed by atoms with van der Waals surface area (Å²) >= 11 is 1.37. The number of anilines is 1. The van der Waals surface area contributed by atoms with Crippen LogP contribution >= 0.6 is 11.3 Å². The Morgan fingerprint density at radius 2 is 1.94 bits per heavy atom. The summed E-state index contributed by atoms with van der Waals surface area (Å²) in [5, 5.41) is 2.87. The lowest BCUT2D eigenvalue weighted by atomic mass is 10.00. The van der Waals surface area contributed by atoms with E-state index in [1.807, 2.05) is 10.3 Å². The van der Waals surface area contributed by atoms with E-state index >= 15 is 0 Å². The van der Waals surface area contributed by atoms with E-state index in [-0.39, 0.29) is 5.91 Å². The molecule has 2 fully saturated rings. The molecular formula is C23H30F3N3OS. The fraction of sp³-hybridized carbons (Fsp3) is 0.609. The van der Waals surface area contributed by atoms with Gasteiger partial charge in [-0.25, -0.2) is 0 Å². The molecule has 0 radical (unpaired) electrons. The van der Waals surface area contributed by atoms with Crippen LogP contribution in [0.2, 0.25) is 0 Å². The Morgan fingerprint density at radius 3 is 2.65 bits per heavy atom. The number of likely N-dealkylation sites (tertiary alicyclic amines) is 1. The molecule has 0 spiro atoms. The van der Waals surface area contributed by atoms with Crippen LogP contribution in [-0.2, 0) is 11.0 Å². The number of hydrogen-bond acceptors (Lipinski definition) is 4. The van der Waals surface area contributed by atoms with Crippen LogP contribution in [0, 0.1) is 5.92 Å². The van der Waals surface area contributed by atoms with Crippen molar-refractivity contribution in [1.29, 1.82) is 0 Å². The van der Waals surface area contributed by atoms with Gasteiger partial charge >= 0.3 is 6.18 Å². The molecule has 0 saturated carbocycles. The van der Waals surface area contributed by atoms with Gasteiger partial charge in [-0.2, -0.15) is 13.2 Å². The Bertz CT molecular complexity index is 905. The van der Waals surface area contributed by atoms with Crippen molar-refractivity contribution >= 4 is 33.0 Å². The molecule has 1 aromatic carbocycles. The number of carbonyl (C=O) groups is 1. The third-order valence-corrected chi connectivity index (χ3v) is 7.40. The molecule has 4 nitrogen and oxygen atoms in total. The van der Waals surface area contributed by atoms with E-state index in [9.17, 15) is 18.0 Å². The van der Waals surface area contributed by atoms with Gasteiger partial charge < -0.3 is 9.80 Å². The summed E-state index contributed by atoms with van der Waals surface area (Å²) in [4.78, 5) is 19.1. The van der Waals surface area contributed by atoms with Crippen molar-refractivity contribution in [1.82, 2.24) is 9.80 Å². The zero-order valence-electron chi connectivity index (χ0n) is 18.0. The van der Waals surface area contributed by atoms with Crippen LogP contribution in [0.3, 0.4) is 0 Å². The number of nitrogens with zero attached hydrogens (tertiary/aromatic N) is 3. The largest absolute Gasteiger partial charge is 0.416 e. The molecule has 2 aromatic rings. The highest BCUT2D eigenvalue weighted by Crippen LogP contribution is 2.38. The first kappa shape index (κ1) is 22.4. The van der Waals surface area contributed by atoms with Crippen LogP contribution in [-0.4, -0.2) is 61.5 Å². The summed E-state index contributed by atoms with van der Waals surface area (Å²) < 4.78 is 39.6. The maximum absolute atomic E-state index is 13.0. The number of thiophene rings is 1. The molecule has 2 aliphatic rings. The summed E-state index contributed by atoms with van der Waals surface area (Å²) in [6.45, 7) is 8.46. The molecule has 31 heavy (non-hydrogen) atoms. The third-order valence-electron chi connectivity index (χ3n) is 6.47. The van der Waals surface area contributed by atoms with Crippen molar-refractivity contribution in [3.63, 3.8) is 0 Å². The van der Waals surface area contributed by atoms with E-state index in [2.05, 4.69) is 16.7 Å². The molecule has 3 heterocycles. The molecule has 2 aliphatic heterocycles. The minimum Gasteiger partial charge on any atom is -0.368 e. The fourth-order valence-corrected chi connectivity index (χ4v) is 5.68. The number of hydrogen-bond donors (Lipinski definition) is 0. The molecule has 1 atom stereocenters. The Kier molecular flexibility index (Phi) is 6.77. The van der Waals surface area contributed by atoms with Crippen LogP contribution in [0.1, 0.15) is 38.2 Å². The molecule has 8 heteroatoms. The number of fused-ring (bicyclic) bond motifs is 1. The number of rotatable bonds is 5. The summed E-state index contributed by atoms with van der Waals surface area (Å²) in [6, 6.07) is 4.03. The van der Waals surface area contributed by atoms with Gasteiger partial charge in [0.1, 0.15) is 0 Å². The van der Waals surface area contributed by atoms with Crippen molar-refractivity contribution in [3.05, 3.63) is 29.1 Å². The standard InChI is InChI=1S/C23H30F3N3OS/c1-17-4-2-9-29(15-17)22(30)5-3-8-27-10-12-28(13-11-27)20-16-31-21-14-18(23(24,25)26)6-7-19(20)21/h6-7,14,16-17H,2-5,8-13,15H2,1H3. The average molecular weight is 454 g/mol. The number of halogens is 3. The normalized spacial score (nSPS) is 21.1. The predicted molar refractivity (Wildman–Crippen MR) is 120 cm³/mol. The van der Waals surface area contributed by atoms with Crippen molar-refractivity contribution in [3.8, 4) is 0 Å². The highest BCUT2D eigenvalue weighted by molar-refractivity contribution is 7.17. The Balaban J connectivity index is 1.26. The fourth-order valence-electron chi connectivity index (χ4n) is 4.68. The first-order valence-electron chi connectivity index (χ1n) is 11.1. The SMILES string of the molecule is CC1CCCN(C(=O)CCCN2CCN(c3csc4cc(C(F)(F)F)ccc34)CC2)C1. The number of piperidine rings is 1. The molecule has 0 N–H and O–H groups in total. The van der Waals surface area contributed by atoms with Gasteiger partial charge in [0, 0.05) is 61.2 Å². The Labute approximate surface area is 185 Å². The number of carbonyl (C=O) groups excluding carboxylic acids is 1. The molecule has 1 unspecified atom stereocenters. The maximum atomic E-state index is 13.0. The van der Waals surface area contributed by atoms with Crippen molar-refractivity contribution < 1.29 is 18.0 Å². The summed E-state index contributed by atoms with van der Waals surface area (Å²) in [5.41, 5.74) is 0.439. The van der Waals surface area contributed by atoms with Gasteiger partial charge in [-0.3, -0.25) is 9.69 Å².